The molecule has 16 heavy (non-hydrogen) atoms. The van der Waals surface area contributed by atoms with Crippen molar-refractivity contribution in [3.05, 3.63) is 29.6 Å². The highest BCUT2D eigenvalue weighted by molar-refractivity contribution is 5.79. The number of aromatic nitrogens is 1. The topological polar surface area (TPSA) is 75.3 Å². The van der Waals surface area contributed by atoms with Gasteiger partial charge in [0, 0.05) is 18.4 Å². The van der Waals surface area contributed by atoms with Gasteiger partial charge in [-0.3, -0.25) is 10.4 Å². The Bertz CT molecular complexity index is 359. The highest BCUT2D eigenvalue weighted by Gasteiger charge is 2.00. The van der Waals surface area contributed by atoms with Gasteiger partial charge in [-0.25, -0.2) is 10.8 Å². The first-order chi connectivity index (χ1) is 7.63. The minimum Gasteiger partial charge on any atom is -0.353 e. The number of nitrogens with two attached hydrogens (primary N) is 1. The molecule has 0 aliphatic rings. The van der Waals surface area contributed by atoms with E-state index in [1.54, 1.807) is 6.20 Å². The van der Waals surface area contributed by atoms with Gasteiger partial charge in [-0.2, -0.15) is 0 Å². The van der Waals surface area contributed by atoms with Crippen molar-refractivity contribution in [3.63, 3.8) is 0 Å². The molecule has 1 heterocycles. The van der Waals surface area contributed by atoms with Crippen LogP contribution in [0.15, 0.2) is 23.5 Å². The molecule has 0 aromatic carbocycles. The van der Waals surface area contributed by atoms with Gasteiger partial charge in [0.05, 0.1) is 6.54 Å². The molecule has 1 rings (SSSR count). The third-order valence-electron chi connectivity index (χ3n) is 2.11. The molecule has 0 aliphatic carbocycles. The van der Waals surface area contributed by atoms with Crippen LogP contribution in [0.2, 0.25) is 0 Å². The normalized spacial score (nSPS) is 11.7. The van der Waals surface area contributed by atoms with Crippen LogP contribution in [0.1, 0.15) is 25.0 Å². The summed E-state index contributed by atoms with van der Waals surface area (Å²) in [6.07, 6.45) is 3.60. The molecule has 0 unspecified atom stereocenters. The van der Waals surface area contributed by atoms with Crippen molar-refractivity contribution < 1.29 is 0 Å². The Labute approximate surface area is 96.1 Å². The third-order valence-corrected chi connectivity index (χ3v) is 2.11. The molecule has 0 fully saturated rings. The predicted octanol–water partition coefficient (Wildman–Crippen LogP) is 0.707. The lowest BCUT2D eigenvalue weighted by atomic mass is 10.2. The summed E-state index contributed by atoms with van der Waals surface area (Å²) in [5, 5.41) is 3.12. The highest BCUT2D eigenvalue weighted by Crippen LogP contribution is 2.05. The predicted molar refractivity (Wildman–Crippen MR) is 65.7 cm³/mol. The largest absolute Gasteiger partial charge is 0.353 e. The molecular weight excluding hydrogens is 202 g/mol. The number of nitrogens with zero attached hydrogens (tertiary/aromatic N) is 2. The number of guanidine groups is 1. The maximum atomic E-state index is 5.37. The van der Waals surface area contributed by atoms with Crippen LogP contribution in [-0.2, 0) is 6.54 Å². The summed E-state index contributed by atoms with van der Waals surface area (Å²) in [6, 6.07) is 2.26. The number of nitrogens with one attached hydrogen (secondary N) is 2. The Morgan fingerprint density at radius 1 is 1.56 bits per heavy atom. The van der Waals surface area contributed by atoms with Crippen LogP contribution >= 0.6 is 0 Å². The molecular formula is C11H19N5. The lowest BCUT2D eigenvalue weighted by molar-refractivity contribution is 0.702. The second kappa shape index (κ2) is 6.07. The molecule has 5 nitrogen and oxygen atoms in total. The summed E-state index contributed by atoms with van der Waals surface area (Å²) < 4.78 is 0. The number of hydrogen-bond acceptors (Lipinski definition) is 3. The summed E-state index contributed by atoms with van der Waals surface area (Å²) in [5.74, 6) is 5.97. The summed E-state index contributed by atoms with van der Waals surface area (Å²) in [7, 11) is 0. The number of hydrazine groups is 1. The van der Waals surface area contributed by atoms with E-state index in [1.165, 1.54) is 0 Å². The van der Waals surface area contributed by atoms with E-state index in [9.17, 15) is 0 Å². The Morgan fingerprint density at radius 2 is 2.31 bits per heavy atom. The van der Waals surface area contributed by atoms with Crippen LogP contribution in [0.4, 0.5) is 0 Å². The molecule has 1 aromatic heterocycles. The summed E-state index contributed by atoms with van der Waals surface area (Å²) >= 11 is 0. The number of aliphatic imine (C=N–C) groups is 1. The Hall–Kier alpha value is -1.62. The lowest BCUT2D eigenvalue weighted by Crippen LogP contribution is -2.44. The molecule has 4 N–H and O–H groups in total. The number of aryl methyl sites for hydroxylation is 1. The van der Waals surface area contributed by atoms with Gasteiger partial charge in [0.15, 0.2) is 0 Å². The highest BCUT2D eigenvalue weighted by atomic mass is 15.3. The van der Waals surface area contributed by atoms with Gasteiger partial charge in [0.1, 0.15) is 0 Å². The van der Waals surface area contributed by atoms with Gasteiger partial charge in [0.2, 0.25) is 5.96 Å². The van der Waals surface area contributed by atoms with Crippen LogP contribution in [0.25, 0.3) is 0 Å². The zero-order valence-electron chi connectivity index (χ0n) is 9.99. The first kappa shape index (κ1) is 12.4. The van der Waals surface area contributed by atoms with E-state index in [0.717, 1.165) is 11.1 Å². The second-order valence-corrected chi connectivity index (χ2v) is 3.91. The van der Waals surface area contributed by atoms with Gasteiger partial charge in [0.25, 0.3) is 0 Å². The van der Waals surface area contributed by atoms with Crippen molar-refractivity contribution >= 4 is 5.96 Å². The Morgan fingerprint density at radius 3 is 2.88 bits per heavy atom. The molecule has 0 aliphatic heterocycles. The van der Waals surface area contributed by atoms with E-state index in [1.807, 2.05) is 33.0 Å². The smallest absolute Gasteiger partial charge is 0.206 e. The van der Waals surface area contributed by atoms with Crippen molar-refractivity contribution in [2.75, 3.05) is 0 Å². The fourth-order valence-corrected chi connectivity index (χ4v) is 1.25. The van der Waals surface area contributed by atoms with E-state index in [0.29, 0.717) is 18.5 Å². The standard InChI is InChI=1S/C11H19N5/c1-8(2)15-11(16-12)14-7-10-4-5-13-6-9(10)3/h4-6,8H,7,12H2,1-3H3,(H2,14,15,16). The van der Waals surface area contributed by atoms with Crippen LogP contribution < -0.4 is 16.6 Å². The molecule has 5 heteroatoms. The third kappa shape index (κ3) is 3.86. The van der Waals surface area contributed by atoms with Gasteiger partial charge in [-0.15, -0.1) is 0 Å². The maximum absolute atomic E-state index is 5.37. The summed E-state index contributed by atoms with van der Waals surface area (Å²) in [4.78, 5) is 8.39. The van der Waals surface area contributed by atoms with E-state index >= 15 is 0 Å². The lowest BCUT2D eigenvalue weighted by Gasteiger charge is -2.12. The van der Waals surface area contributed by atoms with Crippen molar-refractivity contribution in [1.82, 2.24) is 15.7 Å². The van der Waals surface area contributed by atoms with E-state index in [2.05, 4.69) is 20.7 Å². The van der Waals surface area contributed by atoms with E-state index < -0.39 is 0 Å². The van der Waals surface area contributed by atoms with E-state index in [4.69, 9.17) is 5.84 Å². The van der Waals surface area contributed by atoms with Gasteiger partial charge < -0.3 is 5.32 Å². The van der Waals surface area contributed by atoms with Gasteiger partial charge in [-0.05, 0) is 38.0 Å². The van der Waals surface area contributed by atoms with Crippen molar-refractivity contribution in [3.8, 4) is 0 Å². The molecule has 0 saturated carbocycles. The summed E-state index contributed by atoms with van der Waals surface area (Å²) in [5.41, 5.74) is 4.82. The minimum atomic E-state index is 0.299. The minimum absolute atomic E-state index is 0.299. The van der Waals surface area contributed by atoms with Gasteiger partial charge >= 0.3 is 0 Å². The van der Waals surface area contributed by atoms with E-state index in [-0.39, 0.29) is 0 Å². The monoisotopic (exact) mass is 221 g/mol. The number of hydrogen-bond donors (Lipinski definition) is 3. The molecule has 0 spiro atoms. The van der Waals surface area contributed by atoms with Crippen molar-refractivity contribution in [2.24, 2.45) is 10.8 Å². The molecule has 0 radical (unpaired) electrons. The van der Waals surface area contributed by atoms with Crippen LogP contribution in [0.5, 0.6) is 0 Å². The first-order valence-electron chi connectivity index (χ1n) is 5.30. The fourth-order valence-electron chi connectivity index (χ4n) is 1.25. The zero-order valence-corrected chi connectivity index (χ0v) is 9.99. The first-order valence-corrected chi connectivity index (χ1v) is 5.30. The molecule has 0 bridgehead atoms. The second-order valence-electron chi connectivity index (χ2n) is 3.91. The SMILES string of the molecule is Cc1cnccc1CN=C(NN)NC(C)C. The van der Waals surface area contributed by atoms with Crippen molar-refractivity contribution in [2.45, 2.75) is 33.4 Å². The maximum Gasteiger partial charge on any atom is 0.206 e. The van der Waals surface area contributed by atoms with Gasteiger partial charge in [-0.1, -0.05) is 0 Å². The average molecular weight is 221 g/mol. The van der Waals surface area contributed by atoms with Crippen LogP contribution in [0.3, 0.4) is 0 Å². The van der Waals surface area contributed by atoms with Crippen LogP contribution in [-0.4, -0.2) is 17.0 Å². The zero-order chi connectivity index (χ0) is 12.0. The molecule has 0 atom stereocenters. The number of pyridine rings is 1. The van der Waals surface area contributed by atoms with Crippen LogP contribution in [0, 0.1) is 6.92 Å². The van der Waals surface area contributed by atoms with Crippen molar-refractivity contribution in [1.29, 1.82) is 0 Å². The average Bonchev–Trinajstić information content (AvgIpc) is 2.25. The number of rotatable bonds is 3. The Kier molecular flexibility index (Phi) is 4.72. The molecule has 0 saturated heterocycles. The molecule has 0 amide bonds. The molecule has 1 aromatic rings. The Balaban J connectivity index is 2.67. The quantitative estimate of drug-likeness (QED) is 0.304. The summed E-state index contributed by atoms with van der Waals surface area (Å²) in [6.45, 7) is 6.67. The molecule has 88 valence electrons. The fraction of sp³-hybridized carbons (Fsp3) is 0.455.